The van der Waals surface area contributed by atoms with Gasteiger partial charge in [0.2, 0.25) is 0 Å². The second-order valence-electron chi connectivity index (χ2n) is 4.83. The van der Waals surface area contributed by atoms with Crippen LogP contribution in [0, 0.1) is 0 Å². The molecule has 2 aromatic rings. The molecule has 1 aliphatic rings. The highest BCUT2D eigenvalue weighted by atomic mass is 35.5. The van der Waals surface area contributed by atoms with E-state index in [0.29, 0.717) is 13.1 Å². The molecule has 1 fully saturated rings. The number of aromatic nitrogens is 2. The van der Waals surface area contributed by atoms with Crippen LogP contribution in [0.5, 0.6) is 0 Å². The Kier molecular flexibility index (Phi) is 3.50. The van der Waals surface area contributed by atoms with Crippen LogP contribution in [0.1, 0.15) is 22.4 Å². The maximum absolute atomic E-state index is 12.4. The molecule has 20 heavy (non-hydrogen) atoms. The van der Waals surface area contributed by atoms with E-state index >= 15 is 0 Å². The summed E-state index contributed by atoms with van der Waals surface area (Å²) in [7, 11) is 2.03. The fraction of sp³-hybridized carbons (Fsp3) is 0.385. The van der Waals surface area contributed by atoms with Gasteiger partial charge >= 0.3 is 0 Å². The molecule has 106 valence electrons. The van der Waals surface area contributed by atoms with E-state index in [0.717, 1.165) is 12.4 Å². The molecule has 2 aromatic heterocycles. The zero-order chi connectivity index (χ0) is 14.1. The monoisotopic (exact) mass is 294 g/mol. The summed E-state index contributed by atoms with van der Waals surface area (Å²) in [4.78, 5) is 23.7. The number of piperazine rings is 1. The average Bonchev–Trinajstić information content (AvgIpc) is 3.09. The van der Waals surface area contributed by atoms with Gasteiger partial charge in [-0.25, -0.2) is 4.98 Å². The summed E-state index contributed by atoms with van der Waals surface area (Å²) < 4.78 is 5.19. The number of carbonyl (C=O) groups excluding carboxylic acids is 1. The third-order valence-electron chi connectivity index (χ3n) is 3.55. The first-order valence-corrected chi connectivity index (χ1v) is 6.77. The van der Waals surface area contributed by atoms with Crippen molar-refractivity contribution in [3.8, 4) is 0 Å². The molecule has 0 aliphatic carbocycles. The highest BCUT2D eigenvalue weighted by Crippen LogP contribution is 2.23. The molecule has 3 heterocycles. The van der Waals surface area contributed by atoms with Crippen molar-refractivity contribution >= 4 is 17.5 Å². The Morgan fingerprint density at radius 3 is 3.00 bits per heavy atom. The molecule has 0 radical (unpaired) electrons. The van der Waals surface area contributed by atoms with Crippen molar-refractivity contribution in [1.29, 1.82) is 0 Å². The van der Waals surface area contributed by atoms with E-state index in [4.69, 9.17) is 16.0 Å². The molecule has 1 unspecified atom stereocenters. The number of nitrogens with zero attached hydrogens (tertiary/aromatic N) is 3. The highest BCUT2D eigenvalue weighted by molar-refractivity contribution is 6.29. The lowest BCUT2D eigenvalue weighted by molar-refractivity contribution is 0.0506. The van der Waals surface area contributed by atoms with Crippen LogP contribution >= 0.6 is 11.6 Å². The molecule has 1 N–H and O–H groups in total. The first kappa shape index (κ1) is 13.2. The topological polar surface area (TPSA) is 65.4 Å². The first-order valence-electron chi connectivity index (χ1n) is 6.39. The van der Waals surface area contributed by atoms with Crippen LogP contribution in [0.15, 0.2) is 28.9 Å². The fourth-order valence-corrected chi connectivity index (χ4v) is 2.54. The SMILES string of the molecule is CN1CCN(C(=O)c2ccc(Cl)o2)CC1c1ncc[nH]1. The summed E-state index contributed by atoms with van der Waals surface area (Å²) in [6, 6.07) is 3.24. The predicted octanol–water partition coefficient (Wildman–Crippen LogP) is 1.78. The first-order chi connectivity index (χ1) is 9.65. The van der Waals surface area contributed by atoms with Crippen molar-refractivity contribution in [2.75, 3.05) is 26.7 Å². The van der Waals surface area contributed by atoms with Gasteiger partial charge in [0.05, 0.1) is 6.04 Å². The molecule has 1 atom stereocenters. The van der Waals surface area contributed by atoms with E-state index in [-0.39, 0.29) is 22.9 Å². The Morgan fingerprint density at radius 2 is 2.35 bits per heavy atom. The summed E-state index contributed by atoms with van der Waals surface area (Å²) in [5.74, 6) is 1.00. The van der Waals surface area contributed by atoms with Crippen molar-refractivity contribution in [1.82, 2.24) is 19.8 Å². The van der Waals surface area contributed by atoms with Crippen LogP contribution in [0.25, 0.3) is 0 Å². The second-order valence-corrected chi connectivity index (χ2v) is 5.20. The van der Waals surface area contributed by atoms with Crippen molar-refractivity contribution in [3.05, 3.63) is 41.3 Å². The van der Waals surface area contributed by atoms with E-state index in [1.165, 1.54) is 0 Å². The van der Waals surface area contributed by atoms with Crippen LogP contribution < -0.4 is 0 Å². The maximum Gasteiger partial charge on any atom is 0.289 e. The minimum atomic E-state index is -0.137. The van der Waals surface area contributed by atoms with Crippen LogP contribution in [-0.2, 0) is 0 Å². The molecule has 6 nitrogen and oxygen atoms in total. The minimum absolute atomic E-state index is 0.0631. The van der Waals surface area contributed by atoms with Gasteiger partial charge in [0.1, 0.15) is 5.82 Å². The number of aromatic amines is 1. The normalized spacial score (nSPS) is 20.3. The lowest BCUT2D eigenvalue weighted by atomic mass is 10.1. The maximum atomic E-state index is 12.4. The van der Waals surface area contributed by atoms with Gasteiger partial charge in [0, 0.05) is 32.0 Å². The molecule has 0 bridgehead atoms. The number of hydrogen-bond acceptors (Lipinski definition) is 4. The molecular weight excluding hydrogens is 280 g/mol. The number of halogens is 1. The van der Waals surface area contributed by atoms with Crippen LogP contribution in [0.4, 0.5) is 0 Å². The second kappa shape index (κ2) is 5.30. The molecule has 0 aromatic carbocycles. The van der Waals surface area contributed by atoms with Gasteiger partial charge in [-0.15, -0.1) is 0 Å². The molecule has 7 heteroatoms. The summed E-state index contributed by atoms with van der Waals surface area (Å²) in [6.45, 7) is 2.01. The number of likely N-dealkylation sites (N-methyl/N-ethyl adjacent to an activating group) is 1. The number of amides is 1. The Morgan fingerprint density at radius 1 is 1.50 bits per heavy atom. The molecule has 1 amide bonds. The molecule has 1 aliphatic heterocycles. The summed E-state index contributed by atoms with van der Waals surface area (Å²) in [5, 5.41) is 0.227. The highest BCUT2D eigenvalue weighted by Gasteiger charge is 2.31. The average molecular weight is 295 g/mol. The van der Waals surface area contributed by atoms with Crippen molar-refractivity contribution < 1.29 is 9.21 Å². The summed E-state index contributed by atoms with van der Waals surface area (Å²) in [5.41, 5.74) is 0. The summed E-state index contributed by atoms with van der Waals surface area (Å²) in [6.07, 6.45) is 3.51. The number of H-pyrrole nitrogens is 1. The van der Waals surface area contributed by atoms with Gasteiger partial charge in [-0.05, 0) is 30.8 Å². The van der Waals surface area contributed by atoms with E-state index < -0.39 is 0 Å². The number of furan rings is 1. The van der Waals surface area contributed by atoms with Gasteiger partial charge in [-0.3, -0.25) is 9.69 Å². The zero-order valence-electron chi connectivity index (χ0n) is 11.0. The summed E-state index contributed by atoms with van der Waals surface area (Å²) >= 11 is 5.72. The van der Waals surface area contributed by atoms with Crippen LogP contribution in [0.2, 0.25) is 5.22 Å². The lowest BCUT2D eigenvalue weighted by Gasteiger charge is -2.38. The third kappa shape index (κ3) is 2.44. The zero-order valence-corrected chi connectivity index (χ0v) is 11.8. The number of nitrogens with one attached hydrogen (secondary N) is 1. The third-order valence-corrected chi connectivity index (χ3v) is 3.76. The minimum Gasteiger partial charge on any atom is -0.440 e. The van der Waals surface area contributed by atoms with Crippen molar-refractivity contribution in [2.24, 2.45) is 0 Å². The number of rotatable bonds is 2. The van der Waals surface area contributed by atoms with Crippen LogP contribution in [0.3, 0.4) is 0 Å². The predicted molar refractivity (Wildman–Crippen MR) is 73.6 cm³/mol. The number of imidazole rings is 1. The largest absolute Gasteiger partial charge is 0.440 e. The van der Waals surface area contributed by atoms with E-state index in [1.54, 1.807) is 29.4 Å². The van der Waals surface area contributed by atoms with Gasteiger partial charge in [0.15, 0.2) is 11.0 Å². The lowest BCUT2D eigenvalue weighted by Crippen LogP contribution is -2.49. The molecule has 0 spiro atoms. The van der Waals surface area contributed by atoms with E-state index in [9.17, 15) is 4.79 Å². The van der Waals surface area contributed by atoms with Crippen LogP contribution in [-0.4, -0.2) is 52.4 Å². The van der Waals surface area contributed by atoms with Gasteiger partial charge in [0.25, 0.3) is 5.91 Å². The van der Waals surface area contributed by atoms with Gasteiger partial charge in [-0.2, -0.15) is 0 Å². The number of hydrogen-bond donors (Lipinski definition) is 1. The molecule has 1 saturated heterocycles. The fourth-order valence-electron chi connectivity index (χ4n) is 2.40. The molecule has 3 rings (SSSR count). The number of carbonyl (C=O) groups is 1. The Hall–Kier alpha value is -1.79. The van der Waals surface area contributed by atoms with Gasteiger partial charge < -0.3 is 14.3 Å². The smallest absolute Gasteiger partial charge is 0.289 e. The Bertz CT molecular complexity index is 595. The molecular formula is C13H15ClN4O2. The Labute approximate surface area is 121 Å². The quantitative estimate of drug-likeness (QED) is 0.917. The molecule has 0 saturated carbocycles. The standard InChI is InChI=1S/C13H15ClN4O2/c1-17-6-7-18(8-9(17)12-15-4-5-16-12)13(19)10-2-3-11(14)20-10/h2-5,9H,6-8H2,1H3,(H,15,16). The van der Waals surface area contributed by atoms with Crippen molar-refractivity contribution in [2.45, 2.75) is 6.04 Å². The Balaban J connectivity index is 1.77. The van der Waals surface area contributed by atoms with Gasteiger partial charge in [-0.1, -0.05) is 0 Å². The van der Waals surface area contributed by atoms with E-state index in [1.807, 2.05) is 7.05 Å². The van der Waals surface area contributed by atoms with E-state index in [2.05, 4.69) is 14.9 Å². The van der Waals surface area contributed by atoms with Crippen molar-refractivity contribution in [3.63, 3.8) is 0 Å².